The van der Waals surface area contributed by atoms with Gasteiger partial charge in [-0.3, -0.25) is 0 Å². The first-order valence-corrected chi connectivity index (χ1v) is 7.73. The molecule has 21 heavy (non-hydrogen) atoms. The maximum Gasteiger partial charge on any atom is 0.123 e. The van der Waals surface area contributed by atoms with Crippen LogP contribution in [-0.2, 0) is 0 Å². The van der Waals surface area contributed by atoms with Crippen LogP contribution in [0.15, 0.2) is 18.2 Å². The lowest BCUT2D eigenvalue weighted by Gasteiger charge is -2.48. The van der Waals surface area contributed by atoms with Gasteiger partial charge in [-0.2, -0.15) is 0 Å². The third-order valence-corrected chi connectivity index (χ3v) is 4.94. The fraction of sp³-hybridized carbons (Fsp3) is 0.647. The highest BCUT2D eigenvalue weighted by atomic mass is 19.1. The van der Waals surface area contributed by atoms with E-state index in [1.165, 1.54) is 25.3 Å². The number of ether oxygens (including phenoxy) is 1. The molecular weight excluding hydrogens is 267 g/mol. The Kier molecular flexibility index (Phi) is 5.22. The molecule has 118 valence electrons. The Morgan fingerprint density at radius 2 is 1.90 bits per heavy atom. The maximum absolute atomic E-state index is 13.8. The lowest BCUT2D eigenvalue weighted by Crippen LogP contribution is -2.54. The molecule has 1 aromatic carbocycles. The van der Waals surface area contributed by atoms with Gasteiger partial charge in [0.2, 0.25) is 0 Å². The Balaban J connectivity index is 2.48. The van der Waals surface area contributed by atoms with Crippen LogP contribution in [0.2, 0.25) is 0 Å². The van der Waals surface area contributed by atoms with E-state index in [1.54, 1.807) is 19.2 Å². The summed E-state index contributed by atoms with van der Waals surface area (Å²) in [7, 11) is 7.85. The second-order valence-electron chi connectivity index (χ2n) is 6.17. The minimum atomic E-state index is -0.212. The van der Waals surface area contributed by atoms with Crippen molar-refractivity contribution in [3.8, 4) is 5.75 Å². The molecule has 4 heteroatoms. The van der Waals surface area contributed by atoms with Crippen molar-refractivity contribution in [1.29, 1.82) is 0 Å². The highest BCUT2D eigenvalue weighted by Gasteiger charge is 2.42. The third-order valence-electron chi connectivity index (χ3n) is 4.94. The Bertz CT molecular complexity index is 470. The van der Waals surface area contributed by atoms with Gasteiger partial charge in [-0.15, -0.1) is 0 Å². The van der Waals surface area contributed by atoms with E-state index in [0.717, 1.165) is 24.2 Å². The normalized spacial score (nSPS) is 19.5. The average molecular weight is 294 g/mol. The van der Waals surface area contributed by atoms with E-state index < -0.39 is 0 Å². The van der Waals surface area contributed by atoms with Crippen molar-refractivity contribution < 1.29 is 9.13 Å². The molecule has 1 aliphatic carbocycles. The van der Waals surface area contributed by atoms with E-state index in [4.69, 9.17) is 4.74 Å². The van der Waals surface area contributed by atoms with Crippen molar-refractivity contribution >= 4 is 0 Å². The molecule has 0 bridgehead atoms. The van der Waals surface area contributed by atoms with Gasteiger partial charge in [0.1, 0.15) is 11.6 Å². The third kappa shape index (κ3) is 3.06. The van der Waals surface area contributed by atoms with Gasteiger partial charge in [0.05, 0.1) is 13.2 Å². The summed E-state index contributed by atoms with van der Waals surface area (Å²) in [6, 6.07) is 4.85. The molecular formula is C17H27FN2O. The molecule has 1 aliphatic rings. The van der Waals surface area contributed by atoms with E-state index in [2.05, 4.69) is 24.3 Å². The number of hydrogen-bond acceptors (Lipinski definition) is 3. The Morgan fingerprint density at radius 3 is 2.43 bits per heavy atom. The van der Waals surface area contributed by atoms with Gasteiger partial charge in [-0.05, 0) is 52.2 Å². The van der Waals surface area contributed by atoms with Gasteiger partial charge < -0.3 is 15.0 Å². The van der Waals surface area contributed by atoms with Crippen LogP contribution in [-0.4, -0.2) is 38.7 Å². The molecule has 0 heterocycles. The van der Waals surface area contributed by atoms with Crippen molar-refractivity contribution in [2.75, 3.05) is 28.3 Å². The Morgan fingerprint density at radius 1 is 1.24 bits per heavy atom. The van der Waals surface area contributed by atoms with Crippen molar-refractivity contribution in [3.05, 3.63) is 29.6 Å². The first kappa shape index (κ1) is 16.2. The number of methoxy groups -OCH3 is 1. The number of hydrogen-bond donors (Lipinski definition) is 1. The zero-order valence-electron chi connectivity index (χ0n) is 13.6. The predicted molar refractivity (Wildman–Crippen MR) is 84.3 cm³/mol. The Labute approximate surface area is 127 Å². The first-order valence-electron chi connectivity index (χ1n) is 7.73. The van der Waals surface area contributed by atoms with Crippen LogP contribution in [0.3, 0.4) is 0 Å². The summed E-state index contributed by atoms with van der Waals surface area (Å²) in [6.45, 7) is 0. The van der Waals surface area contributed by atoms with Gasteiger partial charge in [0, 0.05) is 11.1 Å². The van der Waals surface area contributed by atoms with Gasteiger partial charge >= 0.3 is 0 Å². The standard InChI is InChI=1S/C17H27FN2O/c1-19-16(14-12-13(18)8-9-15(14)21-4)17(20(2)3)10-6-5-7-11-17/h8-9,12,16,19H,5-7,10-11H2,1-4H3. The van der Waals surface area contributed by atoms with Crippen molar-refractivity contribution in [3.63, 3.8) is 0 Å². The lowest BCUT2D eigenvalue weighted by atomic mass is 9.73. The summed E-state index contributed by atoms with van der Waals surface area (Å²) in [5, 5.41) is 3.42. The van der Waals surface area contributed by atoms with Crippen molar-refractivity contribution in [2.45, 2.75) is 43.7 Å². The molecule has 0 amide bonds. The van der Waals surface area contributed by atoms with E-state index in [1.807, 2.05) is 7.05 Å². The minimum Gasteiger partial charge on any atom is -0.496 e. The zero-order chi connectivity index (χ0) is 15.5. The molecule has 3 nitrogen and oxygen atoms in total. The molecule has 1 fully saturated rings. The second kappa shape index (κ2) is 6.75. The molecule has 1 atom stereocenters. The number of halogens is 1. The predicted octanol–water partition coefficient (Wildman–Crippen LogP) is 3.36. The fourth-order valence-electron chi connectivity index (χ4n) is 3.80. The van der Waals surface area contributed by atoms with Crippen molar-refractivity contribution in [2.24, 2.45) is 0 Å². The van der Waals surface area contributed by atoms with Crippen LogP contribution < -0.4 is 10.1 Å². The molecule has 0 aromatic heterocycles. The second-order valence-corrected chi connectivity index (χ2v) is 6.17. The Hall–Kier alpha value is -1.13. The molecule has 0 radical (unpaired) electrons. The van der Waals surface area contributed by atoms with Gasteiger partial charge in [0.25, 0.3) is 0 Å². The van der Waals surface area contributed by atoms with Crippen LogP contribution in [0, 0.1) is 5.82 Å². The minimum absolute atomic E-state index is 0.00801. The summed E-state index contributed by atoms with van der Waals surface area (Å²) >= 11 is 0. The summed E-state index contributed by atoms with van der Waals surface area (Å²) in [5.41, 5.74) is 0.921. The molecule has 1 saturated carbocycles. The molecule has 0 saturated heterocycles. The van der Waals surface area contributed by atoms with E-state index >= 15 is 0 Å². The fourth-order valence-corrected chi connectivity index (χ4v) is 3.80. The highest BCUT2D eigenvalue weighted by Crippen LogP contribution is 2.44. The molecule has 1 N–H and O–H groups in total. The van der Waals surface area contributed by atoms with Crippen LogP contribution in [0.25, 0.3) is 0 Å². The van der Waals surface area contributed by atoms with Crippen LogP contribution in [0.4, 0.5) is 4.39 Å². The van der Waals surface area contributed by atoms with Gasteiger partial charge in [0.15, 0.2) is 0 Å². The van der Waals surface area contributed by atoms with Gasteiger partial charge in [-0.25, -0.2) is 4.39 Å². The van der Waals surface area contributed by atoms with E-state index in [9.17, 15) is 4.39 Å². The first-order chi connectivity index (χ1) is 10.0. The quantitative estimate of drug-likeness (QED) is 0.901. The SMILES string of the molecule is CNC(c1cc(F)ccc1OC)C1(N(C)C)CCCCC1. The molecule has 0 aliphatic heterocycles. The molecule has 2 rings (SSSR count). The van der Waals surface area contributed by atoms with Crippen LogP contribution >= 0.6 is 0 Å². The van der Waals surface area contributed by atoms with Crippen LogP contribution in [0.1, 0.15) is 43.7 Å². The maximum atomic E-state index is 13.8. The number of nitrogens with one attached hydrogen (secondary N) is 1. The summed E-state index contributed by atoms with van der Waals surface area (Å²) < 4.78 is 19.2. The summed E-state index contributed by atoms with van der Waals surface area (Å²) in [5.74, 6) is 0.540. The molecule has 1 aromatic rings. The number of nitrogens with zero attached hydrogens (tertiary/aromatic N) is 1. The topological polar surface area (TPSA) is 24.5 Å². The van der Waals surface area contributed by atoms with Crippen LogP contribution in [0.5, 0.6) is 5.75 Å². The van der Waals surface area contributed by atoms with Gasteiger partial charge in [-0.1, -0.05) is 19.3 Å². The average Bonchev–Trinajstić information content (AvgIpc) is 2.49. The largest absolute Gasteiger partial charge is 0.496 e. The van der Waals surface area contributed by atoms with E-state index in [0.29, 0.717) is 0 Å². The smallest absolute Gasteiger partial charge is 0.123 e. The monoisotopic (exact) mass is 294 g/mol. The summed E-state index contributed by atoms with van der Waals surface area (Å²) in [6.07, 6.45) is 5.95. The molecule has 1 unspecified atom stereocenters. The summed E-state index contributed by atoms with van der Waals surface area (Å²) in [4.78, 5) is 2.30. The van der Waals surface area contributed by atoms with Crippen molar-refractivity contribution in [1.82, 2.24) is 10.2 Å². The zero-order valence-corrected chi connectivity index (χ0v) is 13.6. The van der Waals surface area contributed by atoms with E-state index in [-0.39, 0.29) is 17.4 Å². The molecule has 0 spiro atoms. The highest BCUT2D eigenvalue weighted by molar-refractivity contribution is 5.38. The number of likely N-dealkylation sites (N-methyl/N-ethyl adjacent to an activating group) is 2. The lowest BCUT2D eigenvalue weighted by molar-refractivity contribution is 0.0583. The number of benzene rings is 1. The number of rotatable bonds is 5.